The molecule has 0 aliphatic rings. The van der Waals surface area contributed by atoms with E-state index in [2.05, 4.69) is 52.5 Å². The highest BCUT2D eigenvalue weighted by Crippen LogP contribution is 2.24. The first-order valence-electron chi connectivity index (χ1n) is 5.26. The van der Waals surface area contributed by atoms with Crippen molar-refractivity contribution in [2.75, 3.05) is 6.26 Å². The van der Waals surface area contributed by atoms with Crippen LogP contribution in [0.3, 0.4) is 0 Å². The van der Waals surface area contributed by atoms with E-state index in [0.29, 0.717) is 0 Å². The van der Waals surface area contributed by atoms with E-state index >= 15 is 0 Å². The molecule has 88 valence electrons. The van der Waals surface area contributed by atoms with Crippen molar-refractivity contribution in [1.29, 1.82) is 0 Å². The molecule has 0 atom stereocenters. The summed E-state index contributed by atoms with van der Waals surface area (Å²) in [5, 5.41) is 0.821. The predicted octanol–water partition coefficient (Wildman–Crippen LogP) is 5.42. The molecule has 0 bridgehead atoms. The third kappa shape index (κ3) is 3.51. The fourth-order valence-corrected chi connectivity index (χ4v) is 2.64. The normalized spacial score (nSPS) is 10.5. The molecule has 2 aromatic rings. The summed E-state index contributed by atoms with van der Waals surface area (Å²) in [7, 11) is 0. The molecule has 0 saturated heterocycles. The number of thioether (sulfide) groups is 1. The first kappa shape index (κ1) is 13.0. The lowest BCUT2D eigenvalue weighted by atomic mass is 10.1. The molecule has 0 fully saturated rings. The predicted molar refractivity (Wildman–Crippen MR) is 80.2 cm³/mol. The third-order valence-electron chi connectivity index (χ3n) is 2.56. The number of hydrogen-bond acceptors (Lipinski definition) is 1. The smallest absolute Gasteiger partial charge is 0.0442 e. The summed E-state index contributed by atoms with van der Waals surface area (Å²) in [4.78, 5) is 1.29. The van der Waals surface area contributed by atoms with E-state index in [9.17, 15) is 0 Å². The fourth-order valence-electron chi connectivity index (χ4n) is 1.64. The average Bonchev–Trinajstić information content (AvgIpc) is 2.35. The van der Waals surface area contributed by atoms with Crippen LogP contribution in [0.4, 0.5) is 0 Å². The molecule has 3 heteroatoms. The van der Waals surface area contributed by atoms with Gasteiger partial charge in [0, 0.05) is 14.4 Å². The monoisotopic (exact) mass is 326 g/mol. The molecule has 0 aliphatic heterocycles. The maximum absolute atomic E-state index is 6.18. The van der Waals surface area contributed by atoms with Gasteiger partial charge in [0.25, 0.3) is 0 Å². The molecule has 0 aromatic heterocycles. The van der Waals surface area contributed by atoms with Crippen LogP contribution in [0.15, 0.2) is 51.8 Å². The summed E-state index contributed by atoms with van der Waals surface area (Å²) in [6.45, 7) is 0. The van der Waals surface area contributed by atoms with Crippen molar-refractivity contribution < 1.29 is 0 Å². The Kier molecular flexibility index (Phi) is 4.55. The lowest BCUT2D eigenvalue weighted by molar-refractivity contribution is 1.18. The fraction of sp³-hybridized carbons (Fsp3) is 0.143. The highest BCUT2D eigenvalue weighted by atomic mass is 79.9. The van der Waals surface area contributed by atoms with Gasteiger partial charge in [0.15, 0.2) is 0 Å². The molecule has 0 heterocycles. The maximum atomic E-state index is 6.18. The minimum absolute atomic E-state index is 0.821. The van der Waals surface area contributed by atoms with Crippen molar-refractivity contribution in [2.45, 2.75) is 11.3 Å². The van der Waals surface area contributed by atoms with E-state index in [-0.39, 0.29) is 0 Å². The zero-order valence-electron chi connectivity index (χ0n) is 9.41. The Morgan fingerprint density at radius 1 is 1.12 bits per heavy atom. The Bertz CT molecular complexity index is 508. The molecule has 0 saturated carbocycles. The lowest BCUT2D eigenvalue weighted by Crippen LogP contribution is -1.89. The van der Waals surface area contributed by atoms with Crippen LogP contribution in [0.5, 0.6) is 0 Å². The van der Waals surface area contributed by atoms with Crippen LogP contribution in [0.25, 0.3) is 0 Å². The van der Waals surface area contributed by atoms with Crippen molar-refractivity contribution in [2.24, 2.45) is 0 Å². The summed E-state index contributed by atoms with van der Waals surface area (Å²) in [5.41, 5.74) is 2.43. The van der Waals surface area contributed by atoms with E-state index in [4.69, 9.17) is 11.6 Å². The average molecular weight is 328 g/mol. The van der Waals surface area contributed by atoms with E-state index < -0.39 is 0 Å². The molecular formula is C14H12BrClS. The minimum Gasteiger partial charge on any atom is -0.130 e. The quantitative estimate of drug-likeness (QED) is 0.679. The Balaban J connectivity index is 2.22. The first-order valence-corrected chi connectivity index (χ1v) is 7.65. The van der Waals surface area contributed by atoms with Gasteiger partial charge in [-0.05, 0) is 54.1 Å². The lowest BCUT2D eigenvalue weighted by Gasteiger charge is -2.06. The Morgan fingerprint density at radius 3 is 2.47 bits per heavy atom. The molecule has 0 radical (unpaired) electrons. The molecule has 2 rings (SSSR count). The van der Waals surface area contributed by atoms with E-state index in [1.807, 2.05) is 12.1 Å². The summed E-state index contributed by atoms with van der Waals surface area (Å²) < 4.78 is 1.07. The van der Waals surface area contributed by atoms with Gasteiger partial charge in [0.05, 0.1) is 0 Å². The number of hydrogen-bond donors (Lipinski definition) is 0. The van der Waals surface area contributed by atoms with Crippen LogP contribution in [-0.4, -0.2) is 6.26 Å². The van der Waals surface area contributed by atoms with Gasteiger partial charge in [-0.1, -0.05) is 39.7 Å². The van der Waals surface area contributed by atoms with Crippen LogP contribution < -0.4 is 0 Å². The maximum Gasteiger partial charge on any atom is 0.0442 e. The van der Waals surface area contributed by atoms with Gasteiger partial charge in [0.1, 0.15) is 0 Å². The van der Waals surface area contributed by atoms with E-state index in [1.54, 1.807) is 11.8 Å². The molecule has 0 nitrogen and oxygen atoms in total. The zero-order chi connectivity index (χ0) is 12.3. The van der Waals surface area contributed by atoms with Crippen molar-refractivity contribution in [3.05, 3.63) is 63.1 Å². The van der Waals surface area contributed by atoms with E-state index in [0.717, 1.165) is 21.5 Å². The second kappa shape index (κ2) is 5.94. The van der Waals surface area contributed by atoms with Gasteiger partial charge >= 0.3 is 0 Å². The number of halogens is 2. The van der Waals surface area contributed by atoms with Crippen molar-refractivity contribution in [3.63, 3.8) is 0 Å². The van der Waals surface area contributed by atoms with Gasteiger partial charge in [-0.3, -0.25) is 0 Å². The number of benzene rings is 2. The topological polar surface area (TPSA) is 0 Å². The Morgan fingerprint density at radius 2 is 1.82 bits per heavy atom. The molecular weight excluding hydrogens is 316 g/mol. The van der Waals surface area contributed by atoms with Crippen LogP contribution in [0.1, 0.15) is 11.1 Å². The molecule has 0 spiro atoms. The second-order valence-corrected chi connectivity index (χ2v) is 5.96. The standard InChI is InChI=1S/C14H12BrClS/c1-17-13-5-2-10(3-6-13)8-11-9-12(15)4-7-14(11)16/h2-7,9H,8H2,1H3. The summed E-state index contributed by atoms with van der Waals surface area (Å²) in [6.07, 6.45) is 2.95. The molecule has 0 N–H and O–H groups in total. The minimum atomic E-state index is 0.821. The summed E-state index contributed by atoms with van der Waals surface area (Å²) in [5.74, 6) is 0. The zero-order valence-corrected chi connectivity index (χ0v) is 12.6. The van der Waals surface area contributed by atoms with Gasteiger partial charge in [0.2, 0.25) is 0 Å². The summed E-state index contributed by atoms with van der Waals surface area (Å²) >= 11 is 11.4. The van der Waals surface area contributed by atoms with E-state index in [1.165, 1.54) is 10.5 Å². The second-order valence-electron chi connectivity index (χ2n) is 3.76. The number of rotatable bonds is 3. The molecule has 0 amide bonds. The van der Waals surface area contributed by atoms with Crippen LogP contribution in [-0.2, 0) is 6.42 Å². The Hall–Kier alpha value is -0.440. The van der Waals surface area contributed by atoms with Gasteiger partial charge in [-0.25, -0.2) is 0 Å². The highest BCUT2D eigenvalue weighted by molar-refractivity contribution is 9.10. The van der Waals surface area contributed by atoms with Gasteiger partial charge in [-0.2, -0.15) is 0 Å². The molecule has 2 aromatic carbocycles. The van der Waals surface area contributed by atoms with Crippen LogP contribution in [0, 0.1) is 0 Å². The third-order valence-corrected chi connectivity index (χ3v) is 4.17. The highest BCUT2D eigenvalue weighted by Gasteiger charge is 2.03. The van der Waals surface area contributed by atoms with Gasteiger partial charge < -0.3 is 0 Å². The van der Waals surface area contributed by atoms with Crippen molar-refractivity contribution in [3.8, 4) is 0 Å². The van der Waals surface area contributed by atoms with Crippen molar-refractivity contribution in [1.82, 2.24) is 0 Å². The molecule has 0 unspecified atom stereocenters. The SMILES string of the molecule is CSc1ccc(Cc2cc(Br)ccc2Cl)cc1. The van der Waals surface area contributed by atoms with Crippen LogP contribution in [0.2, 0.25) is 5.02 Å². The largest absolute Gasteiger partial charge is 0.130 e. The summed E-state index contributed by atoms with van der Waals surface area (Å²) in [6, 6.07) is 14.6. The molecule has 0 aliphatic carbocycles. The first-order chi connectivity index (χ1) is 8.19. The molecule has 17 heavy (non-hydrogen) atoms. The van der Waals surface area contributed by atoms with Gasteiger partial charge in [-0.15, -0.1) is 11.8 Å². The Labute approximate surface area is 120 Å². The van der Waals surface area contributed by atoms with Crippen LogP contribution >= 0.6 is 39.3 Å². The van der Waals surface area contributed by atoms with Crippen molar-refractivity contribution >= 4 is 39.3 Å².